The van der Waals surface area contributed by atoms with E-state index in [1.807, 2.05) is 0 Å². The molecule has 4 aliphatic carbocycles. The van der Waals surface area contributed by atoms with E-state index >= 15 is 0 Å². The predicted molar refractivity (Wildman–Crippen MR) is 161 cm³/mol. The summed E-state index contributed by atoms with van der Waals surface area (Å²) in [5.74, 6) is 5.66. The van der Waals surface area contributed by atoms with Gasteiger partial charge in [0.05, 0.1) is 12.7 Å². The summed E-state index contributed by atoms with van der Waals surface area (Å²) in [5.41, 5.74) is 2.19. The Morgan fingerprint density at radius 1 is 0.951 bits per heavy atom. The van der Waals surface area contributed by atoms with Gasteiger partial charge in [0.2, 0.25) is 0 Å². The van der Waals surface area contributed by atoms with Crippen molar-refractivity contribution in [1.82, 2.24) is 0 Å². The molecule has 1 aliphatic heterocycles. The van der Waals surface area contributed by atoms with E-state index in [4.69, 9.17) is 9.47 Å². The quantitative estimate of drug-likeness (QED) is 0.257. The van der Waals surface area contributed by atoms with Crippen molar-refractivity contribution in [2.75, 3.05) is 6.61 Å². The number of aliphatic hydroxyl groups excluding tert-OH is 4. The molecule has 6 nitrogen and oxygen atoms in total. The second kappa shape index (κ2) is 12.5. The van der Waals surface area contributed by atoms with Gasteiger partial charge in [0, 0.05) is 0 Å². The molecule has 4 fully saturated rings. The first kappa shape index (κ1) is 31.9. The van der Waals surface area contributed by atoms with Crippen LogP contribution in [-0.2, 0) is 9.47 Å². The lowest BCUT2D eigenvalue weighted by Gasteiger charge is -2.58. The molecule has 5 rings (SSSR count). The van der Waals surface area contributed by atoms with Gasteiger partial charge in [0.25, 0.3) is 0 Å². The molecule has 0 bridgehead atoms. The molecule has 0 aromatic heterocycles. The number of allylic oxidation sites excluding steroid dienone is 1. The molecular formula is C35H60O6. The number of aliphatic hydroxyl groups is 4. The van der Waals surface area contributed by atoms with E-state index in [0.717, 1.165) is 60.7 Å². The van der Waals surface area contributed by atoms with E-state index in [-0.39, 0.29) is 11.5 Å². The van der Waals surface area contributed by atoms with Crippen LogP contribution in [0.25, 0.3) is 0 Å². The van der Waals surface area contributed by atoms with Crippen molar-refractivity contribution in [3.05, 3.63) is 11.6 Å². The summed E-state index contributed by atoms with van der Waals surface area (Å²) >= 11 is 0. The van der Waals surface area contributed by atoms with Crippen molar-refractivity contribution in [1.29, 1.82) is 0 Å². The van der Waals surface area contributed by atoms with E-state index < -0.39 is 37.3 Å². The molecule has 14 atom stereocenters. The molecule has 1 saturated heterocycles. The maximum Gasteiger partial charge on any atom is 0.186 e. The minimum absolute atomic E-state index is 0.101. The number of rotatable bonds is 9. The monoisotopic (exact) mass is 576 g/mol. The van der Waals surface area contributed by atoms with Crippen LogP contribution in [0.4, 0.5) is 0 Å². The topological polar surface area (TPSA) is 99.4 Å². The summed E-state index contributed by atoms with van der Waals surface area (Å²) in [4.78, 5) is 0. The average Bonchev–Trinajstić information content (AvgIpc) is 3.30. The molecule has 1 heterocycles. The van der Waals surface area contributed by atoms with Crippen LogP contribution < -0.4 is 0 Å². The van der Waals surface area contributed by atoms with Crippen molar-refractivity contribution < 1.29 is 29.9 Å². The van der Waals surface area contributed by atoms with Gasteiger partial charge < -0.3 is 29.9 Å². The molecule has 41 heavy (non-hydrogen) atoms. The second-order valence-corrected chi connectivity index (χ2v) is 15.7. The van der Waals surface area contributed by atoms with E-state index in [2.05, 4.69) is 47.6 Å². The molecule has 0 spiro atoms. The number of fused-ring (bicyclic) bond motifs is 5. The number of ether oxygens (including phenoxy) is 2. The van der Waals surface area contributed by atoms with Gasteiger partial charge in [-0.25, -0.2) is 0 Å². The molecule has 5 aliphatic rings. The highest BCUT2D eigenvalue weighted by Gasteiger charge is 2.59. The van der Waals surface area contributed by atoms with E-state index in [1.54, 1.807) is 0 Å². The number of hydrogen-bond donors (Lipinski definition) is 4. The lowest BCUT2D eigenvalue weighted by Crippen LogP contribution is -2.60. The van der Waals surface area contributed by atoms with Crippen molar-refractivity contribution in [3.8, 4) is 0 Å². The molecule has 0 aromatic carbocycles. The first-order valence-corrected chi connectivity index (χ1v) is 17.1. The molecule has 0 amide bonds. The highest BCUT2D eigenvalue weighted by atomic mass is 16.7. The fourth-order valence-electron chi connectivity index (χ4n) is 10.8. The van der Waals surface area contributed by atoms with Gasteiger partial charge >= 0.3 is 0 Å². The predicted octanol–water partition coefficient (Wildman–Crippen LogP) is 5.85. The Balaban J connectivity index is 1.24. The minimum atomic E-state index is -1.40. The zero-order valence-electron chi connectivity index (χ0n) is 26.7. The van der Waals surface area contributed by atoms with Crippen LogP contribution in [-0.4, -0.2) is 63.8 Å². The van der Waals surface area contributed by atoms with Crippen molar-refractivity contribution in [3.63, 3.8) is 0 Å². The zero-order chi connectivity index (χ0) is 29.7. The summed E-state index contributed by atoms with van der Waals surface area (Å²) in [6.07, 6.45) is 9.92. The van der Waals surface area contributed by atoms with Crippen LogP contribution in [0.3, 0.4) is 0 Å². The summed E-state index contributed by atoms with van der Waals surface area (Å²) in [7, 11) is 0. The normalized spacial score (nSPS) is 47.7. The molecule has 3 unspecified atom stereocenters. The minimum Gasteiger partial charge on any atom is -0.394 e. The Morgan fingerprint density at radius 3 is 2.39 bits per heavy atom. The Hall–Kier alpha value is -0.500. The SMILES string of the molecule is CC[C@H](CC[C@@H](C)[C@H]1CC[C@H]2[C@@H]3CC=C4C[C@@H](O[C@@H]5OC(CO)[C@@H](O)C(O)C5O)CC[C@]4(C)[C@H]3CC[C@]12C)C(C)C. The zero-order valence-corrected chi connectivity index (χ0v) is 26.7. The molecule has 4 N–H and O–H groups in total. The van der Waals surface area contributed by atoms with Gasteiger partial charge in [-0.05, 0) is 110 Å². The lowest BCUT2D eigenvalue weighted by atomic mass is 9.47. The molecular weight excluding hydrogens is 516 g/mol. The summed E-state index contributed by atoms with van der Waals surface area (Å²) in [5, 5.41) is 40.4. The fourth-order valence-corrected chi connectivity index (χ4v) is 10.8. The Bertz CT molecular complexity index is 918. The molecule has 236 valence electrons. The smallest absolute Gasteiger partial charge is 0.186 e. The average molecular weight is 577 g/mol. The summed E-state index contributed by atoms with van der Waals surface area (Å²) < 4.78 is 11.9. The fraction of sp³-hybridized carbons (Fsp3) is 0.943. The van der Waals surface area contributed by atoms with Crippen LogP contribution >= 0.6 is 0 Å². The maximum atomic E-state index is 10.5. The molecule has 0 aromatic rings. The standard InChI is InChI=1S/C35H60O6/c1-7-22(20(2)3)9-8-21(4)26-12-13-27-25-11-10-23-18-24(14-16-34(23,5)28(25)15-17-35(26,27)6)40-33-32(39)31(38)30(37)29(19-36)41-33/h10,20-22,24-33,36-39H,7-9,11-19H2,1-6H3/t21-,22-,24+,25+,26-,27+,28+,29?,30-,31?,32?,33-,34+,35-/m1/s1. The van der Waals surface area contributed by atoms with Crippen LogP contribution in [0.1, 0.15) is 112 Å². The maximum absolute atomic E-state index is 10.5. The first-order valence-electron chi connectivity index (χ1n) is 17.1. The Morgan fingerprint density at radius 2 is 1.71 bits per heavy atom. The Kier molecular flexibility index (Phi) is 9.71. The van der Waals surface area contributed by atoms with Gasteiger partial charge in [-0.2, -0.15) is 0 Å². The van der Waals surface area contributed by atoms with Gasteiger partial charge in [-0.15, -0.1) is 0 Å². The van der Waals surface area contributed by atoms with Crippen LogP contribution in [0.15, 0.2) is 11.6 Å². The third-order valence-corrected chi connectivity index (χ3v) is 13.5. The Labute approximate surface area is 249 Å². The number of hydrogen-bond acceptors (Lipinski definition) is 6. The van der Waals surface area contributed by atoms with Gasteiger partial charge in [0.15, 0.2) is 6.29 Å². The summed E-state index contributed by atoms with van der Waals surface area (Å²) in [6, 6.07) is 0. The largest absolute Gasteiger partial charge is 0.394 e. The van der Waals surface area contributed by atoms with Crippen LogP contribution in [0.5, 0.6) is 0 Å². The highest BCUT2D eigenvalue weighted by molar-refractivity contribution is 5.25. The lowest BCUT2D eigenvalue weighted by molar-refractivity contribution is -0.313. The van der Waals surface area contributed by atoms with Crippen molar-refractivity contribution >= 4 is 0 Å². The molecule has 6 heteroatoms. The van der Waals surface area contributed by atoms with Crippen LogP contribution in [0, 0.1) is 52.3 Å². The third-order valence-electron chi connectivity index (χ3n) is 13.5. The highest BCUT2D eigenvalue weighted by Crippen LogP contribution is 2.67. The van der Waals surface area contributed by atoms with Gasteiger partial charge in [-0.3, -0.25) is 0 Å². The third kappa shape index (κ3) is 5.73. The van der Waals surface area contributed by atoms with Crippen molar-refractivity contribution in [2.45, 2.75) is 149 Å². The van der Waals surface area contributed by atoms with Gasteiger partial charge in [0.1, 0.15) is 24.4 Å². The second-order valence-electron chi connectivity index (χ2n) is 15.7. The molecule has 3 saturated carbocycles. The van der Waals surface area contributed by atoms with E-state index in [9.17, 15) is 20.4 Å². The van der Waals surface area contributed by atoms with Gasteiger partial charge in [-0.1, -0.05) is 66.0 Å². The first-order chi connectivity index (χ1) is 19.4. The van der Waals surface area contributed by atoms with Crippen molar-refractivity contribution in [2.24, 2.45) is 52.3 Å². The van der Waals surface area contributed by atoms with Crippen LogP contribution in [0.2, 0.25) is 0 Å². The van der Waals surface area contributed by atoms with E-state index in [0.29, 0.717) is 5.41 Å². The van der Waals surface area contributed by atoms with E-state index in [1.165, 1.54) is 56.9 Å². The summed E-state index contributed by atoms with van der Waals surface area (Å²) in [6.45, 7) is 14.5. The molecule has 0 radical (unpaired) electrons.